The lowest BCUT2D eigenvalue weighted by molar-refractivity contribution is 1.23. The maximum atomic E-state index is 5.64. The molecule has 0 aromatic heterocycles. The molecule has 0 bridgehead atoms. The fourth-order valence-corrected chi connectivity index (χ4v) is 1.48. The monoisotopic (exact) mass is 208 g/mol. The Labute approximate surface area is 91.6 Å². The number of hydrogen-bond donors (Lipinski definition) is 0. The van der Waals surface area contributed by atoms with E-state index in [1.165, 1.54) is 22.3 Å². The Morgan fingerprint density at radius 2 is 2.00 bits per heavy atom. The topological polar surface area (TPSA) is 0 Å². The highest BCUT2D eigenvalue weighted by molar-refractivity contribution is 6.17. The van der Waals surface area contributed by atoms with Crippen molar-refractivity contribution >= 4 is 17.2 Å². The minimum absolute atomic E-state index is 0.697. The summed E-state index contributed by atoms with van der Waals surface area (Å²) in [6.45, 7) is 6.42. The summed E-state index contributed by atoms with van der Waals surface area (Å²) in [5, 5.41) is 0. The van der Waals surface area contributed by atoms with Crippen molar-refractivity contribution in [3.63, 3.8) is 0 Å². The molecule has 0 saturated heterocycles. The van der Waals surface area contributed by atoms with E-state index in [0.717, 1.165) is 6.42 Å². The maximum Gasteiger partial charge on any atom is 0.0258 e. The molecule has 0 fully saturated rings. The second-order valence-electron chi connectivity index (χ2n) is 3.66. The SMILES string of the molecule is C/C(=C/CCCl)c1ccc(C)c(C)c1. The molecule has 1 heteroatoms. The normalized spacial score (nSPS) is 11.9. The summed E-state index contributed by atoms with van der Waals surface area (Å²) >= 11 is 5.64. The quantitative estimate of drug-likeness (QED) is 0.649. The van der Waals surface area contributed by atoms with Crippen LogP contribution in [-0.4, -0.2) is 5.88 Å². The molecule has 0 aliphatic carbocycles. The zero-order valence-corrected chi connectivity index (χ0v) is 9.86. The summed E-state index contributed by atoms with van der Waals surface area (Å²) < 4.78 is 0. The van der Waals surface area contributed by atoms with Crippen molar-refractivity contribution in [2.24, 2.45) is 0 Å². The molecule has 0 radical (unpaired) electrons. The van der Waals surface area contributed by atoms with Gasteiger partial charge in [0.15, 0.2) is 0 Å². The van der Waals surface area contributed by atoms with Gasteiger partial charge in [0.05, 0.1) is 0 Å². The van der Waals surface area contributed by atoms with Crippen molar-refractivity contribution in [3.05, 3.63) is 41.0 Å². The van der Waals surface area contributed by atoms with Crippen molar-refractivity contribution in [2.75, 3.05) is 5.88 Å². The van der Waals surface area contributed by atoms with Crippen LogP contribution in [0.1, 0.15) is 30.0 Å². The summed E-state index contributed by atoms with van der Waals surface area (Å²) in [7, 11) is 0. The fraction of sp³-hybridized carbons (Fsp3) is 0.385. The van der Waals surface area contributed by atoms with Gasteiger partial charge < -0.3 is 0 Å². The molecule has 0 aliphatic rings. The molecule has 1 rings (SSSR count). The van der Waals surface area contributed by atoms with Crippen LogP contribution in [-0.2, 0) is 0 Å². The number of hydrogen-bond acceptors (Lipinski definition) is 0. The van der Waals surface area contributed by atoms with E-state index in [1.54, 1.807) is 0 Å². The molecular formula is C13H17Cl. The van der Waals surface area contributed by atoms with Crippen LogP contribution in [0.25, 0.3) is 5.57 Å². The van der Waals surface area contributed by atoms with Gasteiger partial charge in [-0.05, 0) is 49.5 Å². The predicted octanol–water partition coefficient (Wildman–Crippen LogP) is 4.34. The molecule has 76 valence electrons. The van der Waals surface area contributed by atoms with Crippen LogP contribution < -0.4 is 0 Å². The fourth-order valence-electron chi connectivity index (χ4n) is 1.38. The van der Waals surface area contributed by atoms with Gasteiger partial charge >= 0.3 is 0 Å². The number of rotatable bonds is 3. The summed E-state index contributed by atoms with van der Waals surface area (Å²) in [4.78, 5) is 0. The Morgan fingerprint density at radius 1 is 1.29 bits per heavy atom. The van der Waals surface area contributed by atoms with Crippen LogP contribution in [0.4, 0.5) is 0 Å². The van der Waals surface area contributed by atoms with E-state index in [2.05, 4.69) is 45.0 Å². The average molecular weight is 209 g/mol. The second kappa shape index (κ2) is 5.21. The molecule has 0 N–H and O–H groups in total. The molecule has 0 unspecified atom stereocenters. The first-order valence-electron chi connectivity index (χ1n) is 4.95. The standard InChI is InChI=1S/C13H17Cl/c1-10-6-7-13(9-12(10)3)11(2)5-4-8-14/h5-7,9H,4,8H2,1-3H3/b11-5-. The van der Waals surface area contributed by atoms with Gasteiger partial charge in [0, 0.05) is 5.88 Å². The number of aryl methyl sites for hydroxylation is 2. The Bertz CT molecular complexity index is 337. The van der Waals surface area contributed by atoms with Gasteiger partial charge in [-0.3, -0.25) is 0 Å². The van der Waals surface area contributed by atoms with Crippen molar-refractivity contribution in [3.8, 4) is 0 Å². The Morgan fingerprint density at radius 3 is 2.57 bits per heavy atom. The number of halogens is 1. The van der Waals surface area contributed by atoms with Crippen LogP contribution in [0.2, 0.25) is 0 Å². The smallest absolute Gasteiger partial charge is 0.0258 e. The third-order valence-electron chi connectivity index (χ3n) is 2.52. The van der Waals surface area contributed by atoms with Crippen molar-refractivity contribution in [2.45, 2.75) is 27.2 Å². The average Bonchev–Trinajstić information content (AvgIpc) is 2.18. The molecule has 14 heavy (non-hydrogen) atoms. The lowest BCUT2D eigenvalue weighted by Crippen LogP contribution is -1.85. The van der Waals surface area contributed by atoms with E-state index in [4.69, 9.17) is 11.6 Å². The van der Waals surface area contributed by atoms with Crippen LogP contribution in [0, 0.1) is 13.8 Å². The molecule has 0 atom stereocenters. The van der Waals surface area contributed by atoms with Crippen LogP contribution in [0.5, 0.6) is 0 Å². The maximum absolute atomic E-state index is 5.64. The molecule has 0 amide bonds. The van der Waals surface area contributed by atoms with Crippen LogP contribution in [0.3, 0.4) is 0 Å². The third-order valence-corrected chi connectivity index (χ3v) is 2.74. The zero-order chi connectivity index (χ0) is 10.6. The zero-order valence-electron chi connectivity index (χ0n) is 9.10. The largest absolute Gasteiger partial charge is 0.126 e. The lowest BCUT2D eigenvalue weighted by atomic mass is 10.0. The molecule has 0 heterocycles. The van der Waals surface area contributed by atoms with Gasteiger partial charge in [0.2, 0.25) is 0 Å². The molecule has 0 nitrogen and oxygen atoms in total. The second-order valence-corrected chi connectivity index (χ2v) is 4.04. The van der Waals surface area contributed by atoms with E-state index in [1.807, 2.05) is 0 Å². The Balaban J connectivity index is 2.91. The Kier molecular flexibility index (Phi) is 4.21. The van der Waals surface area contributed by atoms with Crippen molar-refractivity contribution in [1.29, 1.82) is 0 Å². The predicted molar refractivity (Wildman–Crippen MR) is 64.9 cm³/mol. The molecule has 0 spiro atoms. The minimum atomic E-state index is 0.697. The summed E-state index contributed by atoms with van der Waals surface area (Å²) in [6.07, 6.45) is 3.14. The number of allylic oxidation sites excluding steroid dienone is 2. The number of alkyl halides is 1. The van der Waals surface area contributed by atoms with Crippen LogP contribution >= 0.6 is 11.6 Å². The highest BCUT2D eigenvalue weighted by Crippen LogP contribution is 2.18. The first-order chi connectivity index (χ1) is 6.65. The van der Waals surface area contributed by atoms with Crippen molar-refractivity contribution in [1.82, 2.24) is 0 Å². The first kappa shape index (κ1) is 11.3. The summed E-state index contributed by atoms with van der Waals surface area (Å²) in [6, 6.07) is 6.57. The summed E-state index contributed by atoms with van der Waals surface area (Å²) in [5.41, 5.74) is 5.31. The molecule has 0 saturated carbocycles. The van der Waals surface area contributed by atoms with Gasteiger partial charge in [-0.15, -0.1) is 11.6 Å². The van der Waals surface area contributed by atoms with Crippen LogP contribution in [0.15, 0.2) is 24.3 Å². The van der Waals surface area contributed by atoms with Crippen molar-refractivity contribution < 1.29 is 0 Å². The minimum Gasteiger partial charge on any atom is -0.126 e. The van der Waals surface area contributed by atoms with E-state index < -0.39 is 0 Å². The van der Waals surface area contributed by atoms with Gasteiger partial charge in [-0.2, -0.15) is 0 Å². The van der Waals surface area contributed by atoms with E-state index in [9.17, 15) is 0 Å². The summed E-state index contributed by atoms with van der Waals surface area (Å²) in [5.74, 6) is 0.697. The van der Waals surface area contributed by atoms with Gasteiger partial charge in [0.1, 0.15) is 0 Å². The lowest BCUT2D eigenvalue weighted by Gasteiger charge is -2.05. The van der Waals surface area contributed by atoms with Gasteiger partial charge in [-0.25, -0.2) is 0 Å². The van der Waals surface area contributed by atoms with E-state index >= 15 is 0 Å². The molecule has 0 aliphatic heterocycles. The third kappa shape index (κ3) is 2.88. The highest BCUT2D eigenvalue weighted by atomic mass is 35.5. The van der Waals surface area contributed by atoms with Gasteiger partial charge in [-0.1, -0.05) is 24.3 Å². The number of benzene rings is 1. The highest BCUT2D eigenvalue weighted by Gasteiger charge is 1.97. The van der Waals surface area contributed by atoms with Gasteiger partial charge in [0.25, 0.3) is 0 Å². The molecule has 1 aromatic carbocycles. The van der Waals surface area contributed by atoms with E-state index in [0.29, 0.717) is 5.88 Å². The molecular weight excluding hydrogens is 192 g/mol. The Hall–Kier alpha value is -0.750. The molecule has 1 aromatic rings. The van der Waals surface area contributed by atoms with E-state index in [-0.39, 0.29) is 0 Å². The first-order valence-corrected chi connectivity index (χ1v) is 5.49.